The number of carbonyl (C=O) groups excluding carboxylic acids is 1. The van der Waals surface area contributed by atoms with E-state index in [2.05, 4.69) is 26.6 Å². The van der Waals surface area contributed by atoms with Gasteiger partial charge in [-0.15, -0.1) is 0 Å². The Bertz CT molecular complexity index is 1030. The first-order chi connectivity index (χ1) is 16.5. The van der Waals surface area contributed by atoms with Gasteiger partial charge in [0, 0.05) is 39.0 Å². The number of aromatic nitrogens is 1. The van der Waals surface area contributed by atoms with E-state index in [1.54, 1.807) is 31.5 Å². The molecule has 2 unspecified atom stereocenters. The number of carbonyl (C=O) groups is 1. The second kappa shape index (κ2) is 13.8. The van der Waals surface area contributed by atoms with Crippen molar-refractivity contribution in [2.45, 2.75) is 31.5 Å². The zero-order valence-corrected chi connectivity index (χ0v) is 20.8. The van der Waals surface area contributed by atoms with Crippen molar-refractivity contribution >= 4 is 23.2 Å². The van der Waals surface area contributed by atoms with Crippen LogP contribution in [0.1, 0.15) is 34.5 Å². The summed E-state index contributed by atoms with van der Waals surface area (Å²) in [7, 11) is 3.15. The number of likely N-dealkylation sites (tertiary alicyclic amines) is 1. The highest BCUT2D eigenvalue weighted by atomic mass is 35.5. The van der Waals surface area contributed by atoms with Gasteiger partial charge in [0.2, 0.25) is 0 Å². The number of anilines is 1. The first-order valence-corrected chi connectivity index (χ1v) is 11.6. The number of pyridine rings is 1. The molecule has 1 amide bonds. The van der Waals surface area contributed by atoms with Crippen LogP contribution in [0.5, 0.6) is 5.75 Å². The van der Waals surface area contributed by atoms with Gasteiger partial charge in [0.05, 0.1) is 46.8 Å². The van der Waals surface area contributed by atoms with Gasteiger partial charge in [-0.25, -0.2) is 0 Å². The summed E-state index contributed by atoms with van der Waals surface area (Å²) < 4.78 is 11.0. The van der Waals surface area contributed by atoms with Crippen molar-refractivity contribution in [1.82, 2.24) is 20.5 Å². The van der Waals surface area contributed by atoms with E-state index in [0.29, 0.717) is 34.1 Å². The maximum Gasteiger partial charge on any atom is 0.255 e. The molecule has 1 aliphatic rings. The number of nitrogens with zero attached hydrogens (tertiary/aromatic N) is 3. The molecule has 0 bridgehead atoms. The predicted molar refractivity (Wildman–Crippen MR) is 134 cm³/mol. The molecule has 0 radical (unpaired) electrons. The number of benzene rings is 1. The van der Waals surface area contributed by atoms with E-state index >= 15 is 0 Å². The van der Waals surface area contributed by atoms with Crippen molar-refractivity contribution in [3.05, 3.63) is 52.3 Å². The summed E-state index contributed by atoms with van der Waals surface area (Å²) in [5.41, 5.74) is 7.89. The minimum absolute atomic E-state index is 0. The van der Waals surface area contributed by atoms with Gasteiger partial charge >= 0.3 is 0 Å². The molecule has 190 valence electrons. The van der Waals surface area contributed by atoms with E-state index in [4.69, 9.17) is 32.1 Å². The number of piperidine rings is 1. The van der Waals surface area contributed by atoms with Gasteiger partial charge in [-0.2, -0.15) is 5.26 Å². The number of hydrogen-bond acceptors (Lipinski definition) is 8. The summed E-state index contributed by atoms with van der Waals surface area (Å²) in [6.07, 6.45) is 3.28. The molecule has 6 N–H and O–H groups in total. The van der Waals surface area contributed by atoms with Gasteiger partial charge in [0.1, 0.15) is 11.8 Å². The van der Waals surface area contributed by atoms with Crippen molar-refractivity contribution in [2.24, 2.45) is 0 Å². The Labute approximate surface area is 210 Å². The van der Waals surface area contributed by atoms with Crippen molar-refractivity contribution in [2.75, 3.05) is 46.1 Å². The third-order valence-corrected chi connectivity index (χ3v) is 6.28. The quantitative estimate of drug-likeness (QED) is 0.323. The number of nitrogen functional groups attached to an aromatic ring is 1. The normalized spacial score (nSPS) is 17.8. The fourth-order valence-electron chi connectivity index (χ4n) is 4.06. The van der Waals surface area contributed by atoms with Crippen molar-refractivity contribution in [1.29, 1.82) is 5.26 Å². The van der Waals surface area contributed by atoms with Crippen LogP contribution in [0.15, 0.2) is 30.5 Å². The van der Waals surface area contributed by atoms with Gasteiger partial charge in [0.25, 0.3) is 5.91 Å². The number of nitrogens with two attached hydrogens (primary N) is 1. The SMILES string of the molecule is COc1cc(N)c(Cl)cc1C(=O)NC1CCN(CCCNCc2ncccc2C#N)CC1OC.O. The number of ether oxygens (including phenoxy) is 2. The molecule has 1 aromatic carbocycles. The summed E-state index contributed by atoms with van der Waals surface area (Å²) in [6.45, 7) is 3.86. The first kappa shape index (κ1) is 28.3. The molecule has 11 heteroatoms. The summed E-state index contributed by atoms with van der Waals surface area (Å²) in [4.78, 5) is 19.5. The van der Waals surface area contributed by atoms with E-state index in [-0.39, 0.29) is 23.5 Å². The number of methoxy groups -OCH3 is 2. The summed E-state index contributed by atoms with van der Waals surface area (Å²) in [5.74, 6) is 0.112. The second-order valence-corrected chi connectivity index (χ2v) is 8.56. The van der Waals surface area contributed by atoms with Crippen LogP contribution in [0.2, 0.25) is 5.02 Å². The fraction of sp³-hybridized carbons (Fsp3) is 0.458. The molecule has 1 aromatic heterocycles. The lowest BCUT2D eigenvalue weighted by Gasteiger charge is -2.38. The predicted octanol–water partition coefficient (Wildman–Crippen LogP) is 1.37. The van der Waals surface area contributed by atoms with E-state index in [0.717, 1.165) is 44.7 Å². The fourth-order valence-corrected chi connectivity index (χ4v) is 4.23. The van der Waals surface area contributed by atoms with Gasteiger partial charge in [-0.05, 0) is 44.1 Å². The maximum absolute atomic E-state index is 12.9. The highest BCUT2D eigenvalue weighted by Crippen LogP contribution is 2.29. The lowest BCUT2D eigenvalue weighted by atomic mass is 10.0. The average Bonchev–Trinajstić information content (AvgIpc) is 2.86. The Morgan fingerprint density at radius 2 is 2.20 bits per heavy atom. The third kappa shape index (κ3) is 7.52. The number of nitriles is 1. The molecule has 0 saturated carbocycles. The van der Waals surface area contributed by atoms with Crippen LogP contribution in [-0.2, 0) is 11.3 Å². The molecule has 2 aromatic rings. The van der Waals surface area contributed by atoms with Crippen LogP contribution in [0.25, 0.3) is 0 Å². The average molecular weight is 505 g/mol. The van der Waals surface area contributed by atoms with Crippen LogP contribution in [-0.4, -0.2) is 73.8 Å². The molecule has 1 saturated heterocycles. The number of hydrogen-bond donors (Lipinski definition) is 3. The number of amides is 1. The summed E-state index contributed by atoms with van der Waals surface area (Å²) >= 11 is 6.11. The molecule has 2 atom stereocenters. The van der Waals surface area contributed by atoms with E-state index in [9.17, 15) is 4.79 Å². The van der Waals surface area contributed by atoms with Gasteiger partial charge < -0.3 is 36.2 Å². The van der Waals surface area contributed by atoms with Crippen LogP contribution in [0, 0.1) is 11.3 Å². The zero-order chi connectivity index (χ0) is 24.5. The van der Waals surface area contributed by atoms with E-state index < -0.39 is 0 Å². The molecule has 3 rings (SSSR count). The molecule has 35 heavy (non-hydrogen) atoms. The summed E-state index contributed by atoms with van der Waals surface area (Å²) in [5, 5.41) is 15.9. The summed E-state index contributed by atoms with van der Waals surface area (Å²) in [6, 6.07) is 8.66. The van der Waals surface area contributed by atoms with Crippen molar-refractivity contribution in [3.8, 4) is 11.8 Å². The van der Waals surface area contributed by atoms with E-state index in [1.807, 2.05) is 0 Å². The molecule has 10 nitrogen and oxygen atoms in total. The lowest BCUT2D eigenvalue weighted by Crippen LogP contribution is -2.55. The van der Waals surface area contributed by atoms with Crippen molar-refractivity contribution < 1.29 is 19.7 Å². The number of halogens is 1. The highest BCUT2D eigenvalue weighted by Gasteiger charge is 2.31. The molecule has 0 spiro atoms. The first-order valence-electron chi connectivity index (χ1n) is 11.2. The minimum atomic E-state index is -0.269. The monoisotopic (exact) mass is 504 g/mol. The molecule has 0 aliphatic carbocycles. The van der Waals surface area contributed by atoms with Crippen molar-refractivity contribution in [3.63, 3.8) is 0 Å². The Hall–Kier alpha value is -2.94. The Kier molecular flexibility index (Phi) is 11.2. The molecule has 1 fully saturated rings. The zero-order valence-electron chi connectivity index (χ0n) is 20.0. The van der Waals surface area contributed by atoms with Crippen LogP contribution in [0.3, 0.4) is 0 Å². The van der Waals surface area contributed by atoms with Crippen LogP contribution in [0.4, 0.5) is 5.69 Å². The Morgan fingerprint density at radius 3 is 2.91 bits per heavy atom. The smallest absolute Gasteiger partial charge is 0.255 e. The molecule has 2 heterocycles. The lowest BCUT2D eigenvalue weighted by molar-refractivity contribution is 0.00616. The van der Waals surface area contributed by atoms with Gasteiger partial charge in [-0.1, -0.05) is 11.6 Å². The molecule has 1 aliphatic heterocycles. The largest absolute Gasteiger partial charge is 0.496 e. The van der Waals surface area contributed by atoms with Gasteiger partial charge in [-0.3, -0.25) is 9.78 Å². The van der Waals surface area contributed by atoms with Gasteiger partial charge in [0.15, 0.2) is 0 Å². The number of nitrogens with one attached hydrogen (secondary N) is 2. The Balaban J connectivity index is 0.00000432. The highest BCUT2D eigenvalue weighted by molar-refractivity contribution is 6.33. The number of rotatable bonds is 10. The third-order valence-electron chi connectivity index (χ3n) is 5.96. The standard InChI is InChI=1S/C24H31ClN6O3.H2O/c1-33-22-12-19(27)18(25)11-17(22)24(32)30-20-6-10-31(15-23(20)34-2)9-4-7-28-14-21-16(13-26)5-3-8-29-21;/h3,5,8,11-12,20,23,28H,4,6-7,9-10,14-15,27H2,1-2H3,(H,30,32);1H2. The minimum Gasteiger partial charge on any atom is -0.496 e. The van der Waals surface area contributed by atoms with E-state index in [1.165, 1.54) is 13.2 Å². The molecular formula is C24H33ClN6O4. The Morgan fingerprint density at radius 1 is 1.40 bits per heavy atom. The maximum atomic E-state index is 12.9. The topological polar surface area (TPSA) is 157 Å². The van der Waals surface area contributed by atoms with Crippen LogP contribution >= 0.6 is 11.6 Å². The second-order valence-electron chi connectivity index (χ2n) is 8.16. The van der Waals surface area contributed by atoms with Crippen LogP contribution < -0.4 is 21.1 Å². The molecular weight excluding hydrogens is 472 g/mol.